The number of carbonyl (C=O) groups is 2. The molecule has 2 saturated heterocycles. The fourth-order valence-electron chi connectivity index (χ4n) is 7.03. The molecule has 0 bridgehead atoms. The number of primary amides is 1. The average Bonchev–Trinajstić information content (AvgIpc) is 3.56. The van der Waals surface area contributed by atoms with Gasteiger partial charge in [0.1, 0.15) is 22.4 Å². The van der Waals surface area contributed by atoms with Gasteiger partial charge in [-0.15, -0.1) is 0 Å². The maximum atomic E-state index is 14.0. The minimum Gasteiger partial charge on any atom is -0.411 e. The molecule has 1 saturated carbocycles. The highest BCUT2D eigenvalue weighted by atomic mass is 35.5. The van der Waals surface area contributed by atoms with Crippen molar-refractivity contribution in [2.75, 3.05) is 25.9 Å². The maximum absolute atomic E-state index is 14.0. The van der Waals surface area contributed by atoms with E-state index in [1.807, 2.05) is 11.8 Å². The zero-order valence-corrected chi connectivity index (χ0v) is 25.7. The number of amides is 2. The number of imidazole rings is 1. The van der Waals surface area contributed by atoms with E-state index in [0.717, 1.165) is 50.5 Å². The van der Waals surface area contributed by atoms with Gasteiger partial charge < -0.3 is 26.1 Å². The number of aromatic nitrogens is 2. The quantitative estimate of drug-likeness (QED) is 0.422. The minimum absolute atomic E-state index is 0.0453. The number of aromatic amines is 1. The molecule has 3 aliphatic rings. The molecule has 1 aromatic heterocycles. The molecule has 3 fully saturated rings. The molecular weight excluding hydrogens is 580 g/mol. The Morgan fingerprint density at radius 3 is 2.29 bits per heavy atom. The molecule has 11 nitrogen and oxygen atoms in total. The molecule has 2 aliphatic heterocycles. The van der Waals surface area contributed by atoms with Crippen LogP contribution in [-0.2, 0) is 14.8 Å². The second-order valence-corrected chi connectivity index (χ2v) is 14.6. The summed E-state index contributed by atoms with van der Waals surface area (Å²) >= 11 is 6.65. The fraction of sp³-hybridized carbons (Fsp3) is 0.621. The number of carbonyl (C=O) groups excluding carboxylic acids is 2. The van der Waals surface area contributed by atoms with E-state index < -0.39 is 16.1 Å². The topological polar surface area (TPSA) is 165 Å². The Morgan fingerprint density at radius 2 is 1.71 bits per heavy atom. The van der Waals surface area contributed by atoms with E-state index in [2.05, 4.69) is 4.98 Å². The lowest BCUT2D eigenvalue weighted by atomic mass is 9.78. The number of ether oxygens (including phenoxy) is 1. The molecule has 42 heavy (non-hydrogen) atoms. The van der Waals surface area contributed by atoms with Gasteiger partial charge in [-0.2, -0.15) is 0 Å². The van der Waals surface area contributed by atoms with Crippen molar-refractivity contribution in [2.45, 2.75) is 64.0 Å². The third-order valence-electron chi connectivity index (χ3n) is 9.46. The molecule has 0 spiro atoms. The van der Waals surface area contributed by atoms with Gasteiger partial charge in [0.25, 0.3) is 0 Å². The summed E-state index contributed by atoms with van der Waals surface area (Å²) in [5, 5.41) is 0.364. The lowest BCUT2D eigenvalue weighted by molar-refractivity contribution is -0.138. The maximum Gasteiger partial charge on any atom is 0.409 e. The second kappa shape index (κ2) is 12.5. The van der Waals surface area contributed by atoms with Gasteiger partial charge in [0.05, 0.1) is 12.3 Å². The van der Waals surface area contributed by atoms with Crippen LogP contribution in [0.4, 0.5) is 4.79 Å². The molecule has 2 aromatic rings. The fourth-order valence-corrected chi connectivity index (χ4v) is 8.16. The van der Waals surface area contributed by atoms with Gasteiger partial charge in [-0.05, 0) is 93.9 Å². The van der Waals surface area contributed by atoms with E-state index in [1.165, 1.54) is 6.26 Å². The standard InChI is InChI=1S/C29H41ClN6O5S/c1-17(31)18-3-5-21(6-4-18)28(37)36-16-22(19-11-13-35(14-12-19)42(2,39)40)15-24(36)27-33-25(26(30)34-27)20-7-9-23(10-8-20)41-29(32)38/h7-10,17-19,21-22,24H,3-6,11-16,31H2,1-2H3,(H2,32,38)(H,33,34)/t17-,18?,21?,22-,24-/m0/s1. The first-order chi connectivity index (χ1) is 19.9. The summed E-state index contributed by atoms with van der Waals surface area (Å²) in [6.45, 7) is 3.67. The Hall–Kier alpha value is -2.67. The summed E-state index contributed by atoms with van der Waals surface area (Å²) < 4.78 is 30.6. The molecule has 1 aromatic carbocycles. The van der Waals surface area contributed by atoms with Gasteiger partial charge in [0.15, 0.2) is 0 Å². The van der Waals surface area contributed by atoms with Gasteiger partial charge in [-0.25, -0.2) is 22.5 Å². The van der Waals surface area contributed by atoms with Crippen LogP contribution >= 0.6 is 11.6 Å². The summed E-state index contributed by atoms with van der Waals surface area (Å²) in [5.74, 6) is 2.06. The number of benzene rings is 1. The molecule has 0 unspecified atom stereocenters. The predicted octanol–water partition coefficient (Wildman–Crippen LogP) is 3.90. The van der Waals surface area contributed by atoms with Crippen LogP contribution in [0.25, 0.3) is 11.3 Å². The highest BCUT2D eigenvalue weighted by molar-refractivity contribution is 7.88. The number of sulfonamides is 1. The van der Waals surface area contributed by atoms with Gasteiger partial charge in [0, 0.05) is 37.2 Å². The minimum atomic E-state index is -3.21. The number of likely N-dealkylation sites (tertiary alicyclic amines) is 1. The summed E-state index contributed by atoms with van der Waals surface area (Å²) in [7, 11) is -3.21. The number of nitrogens with one attached hydrogen (secondary N) is 1. The van der Waals surface area contributed by atoms with Crippen molar-refractivity contribution in [3.63, 3.8) is 0 Å². The van der Waals surface area contributed by atoms with Crippen LogP contribution < -0.4 is 16.2 Å². The van der Waals surface area contributed by atoms with E-state index >= 15 is 0 Å². The second-order valence-electron chi connectivity index (χ2n) is 12.2. The summed E-state index contributed by atoms with van der Waals surface area (Å²) in [6, 6.07) is 6.60. The van der Waals surface area contributed by atoms with Crippen LogP contribution in [0, 0.1) is 23.7 Å². The lowest BCUT2D eigenvalue weighted by Gasteiger charge is -2.34. The Labute approximate surface area is 252 Å². The first-order valence-corrected chi connectivity index (χ1v) is 17.0. The molecular formula is C29H41ClN6O5S. The summed E-state index contributed by atoms with van der Waals surface area (Å²) in [6.07, 6.45) is 6.21. The first kappa shape index (κ1) is 30.8. The number of H-pyrrole nitrogens is 1. The molecule has 5 rings (SSSR count). The van der Waals surface area contributed by atoms with Crippen molar-refractivity contribution < 1.29 is 22.7 Å². The van der Waals surface area contributed by atoms with Crippen molar-refractivity contribution in [2.24, 2.45) is 35.1 Å². The molecule has 1 aliphatic carbocycles. The number of hydrogen-bond acceptors (Lipinski definition) is 7. The van der Waals surface area contributed by atoms with Crippen LogP contribution in [0.2, 0.25) is 5.15 Å². The monoisotopic (exact) mass is 620 g/mol. The van der Waals surface area contributed by atoms with Crippen LogP contribution in [0.3, 0.4) is 0 Å². The third kappa shape index (κ3) is 6.77. The Morgan fingerprint density at radius 1 is 1.07 bits per heavy atom. The molecule has 13 heteroatoms. The van der Waals surface area contributed by atoms with E-state index in [1.54, 1.807) is 28.6 Å². The summed E-state index contributed by atoms with van der Waals surface area (Å²) in [4.78, 5) is 35.2. The number of halogens is 1. The lowest BCUT2D eigenvalue weighted by Crippen LogP contribution is -2.41. The smallest absolute Gasteiger partial charge is 0.409 e. The zero-order valence-electron chi connectivity index (χ0n) is 24.2. The third-order valence-corrected chi connectivity index (χ3v) is 11.0. The largest absolute Gasteiger partial charge is 0.411 e. The van der Waals surface area contributed by atoms with Crippen LogP contribution in [0.15, 0.2) is 24.3 Å². The van der Waals surface area contributed by atoms with Crippen molar-refractivity contribution in [1.29, 1.82) is 0 Å². The van der Waals surface area contributed by atoms with Crippen LogP contribution in [0.5, 0.6) is 5.75 Å². The first-order valence-electron chi connectivity index (χ1n) is 14.7. The molecule has 3 heterocycles. The molecule has 5 N–H and O–H groups in total. The van der Waals surface area contributed by atoms with Gasteiger partial charge in [-0.1, -0.05) is 11.6 Å². The van der Waals surface area contributed by atoms with Crippen LogP contribution in [-0.4, -0.2) is 71.5 Å². The van der Waals surface area contributed by atoms with Crippen molar-refractivity contribution >= 4 is 33.6 Å². The Bertz CT molecular complexity index is 1380. The number of nitrogens with zero attached hydrogens (tertiary/aromatic N) is 3. The molecule has 2 amide bonds. The van der Waals surface area contributed by atoms with E-state index in [-0.39, 0.29) is 29.8 Å². The normalized spacial score (nSPS) is 26.7. The van der Waals surface area contributed by atoms with E-state index in [9.17, 15) is 18.0 Å². The summed E-state index contributed by atoms with van der Waals surface area (Å²) in [5.41, 5.74) is 12.5. The van der Waals surface area contributed by atoms with Gasteiger partial charge in [0.2, 0.25) is 15.9 Å². The van der Waals surface area contributed by atoms with Crippen molar-refractivity contribution in [3.8, 4) is 17.0 Å². The highest BCUT2D eigenvalue weighted by Gasteiger charge is 2.44. The van der Waals surface area contributed by atoms with E-state index in [4.69, 9.17) is 32.8 Å². The number of hydrogen-bond donors (Lipinski definition) is 3. The SMILES string of the molecule is C[C@H](N)C1CCC(C(=O)N2C[C@@H](C3CCN(S(C)(=O)=O)CC3)C[C@H]2c2nc(-c3ccc(OC(N)=O)cc3)c(Cl)[nH]2)CC1. The number of piperidine rings is 1. The zero-order chi connectivity index (χ0) is 30.2. The van der Waals surface area contributed by atoms with E-state index in [0.29, 0.717) is 53.9 Å². The van der Waals surface area contributed by atoms with Gasteiger partial charge >= 0.3 is 6.09 Å². The number of rotatable bonds is 7. The molecule has 230 valence electrons. The van der Waals surface area contributed by atoms with Crippen LogP contribution in [0.1, 0.15) is 63.7 Å². The highest BCUT2D eigenvalue weighted by Crippen LogP contribution is 2.44. The van der Waals surface area contributed by atoms with Crippen molar-refractivity contribution in [3.05, 3.63) is 35.2 Å². The molecule has 3 atom stereocenters. The number of nitrogens with two attached hydrogens (primary N) is 2. The van der Waals surface area contributed by atoms with Crippen molar-refractivity contribution in [1.82, 2.24) is 19.2 Å². The Balaban J connectivity index is 1.37. The Kier molecular flexibility index (Phi) is 9.17. The average molecular weight is 621 g/mol. The molecule has 0 radical (unpaired) electrons. The van der Waals surface area contributed by atoms with Gasteiger partial charge in [-0.3, -0.25) is 4.79 Å². The predicted molar refractivity (Wildman–Crippen MR) is 160 cm³/mol.